The van der Waals surface area contributed by atoms with Crippen molar-refractivity contribution < 1.29 is 4.79 Å². The number of aromatic nitrogens is 2. The normalized spacial score (nSPS) is 10.3. The fourth-order valence-corrected chi connectivity index (χ4v) is 1.32. The van der Waals surface area contributed by atoms with Crippen molar-refractivity contribution in [3.63, 3.8) is 0 Å². The van der Waals surface area contributed by atoms with Gasteiger partial charge in [0.1, 0.15) is 0 Å². The fourth-order valence-electron chi connectivity index (χ4n) is 1.32. The van der Waals surface area contributed by atoms with E-state index in [0.29, 0.717) is 13.0 Å². The average Bonchev–Trinajstić information content (AvgIpc) is 2.61. The number of aryl methyl sites for hydroxylation is 1. The van der Waals surface area contributed by atoms with Crippen LogP contribution in [0.2, 0.25) is 0 Å². The lowest BCUT2D eigenvalue weighted by Gasteiger charge is -2.04. The predicted molar refractivity (Wildman–Crippen MR) is 59.5 cm³/mol. The number of carbonyl (C=O) groups excluding carboxylic acids is 1. The van der Waals surface area contributed by atoms with Crippen molar-refractivity contribution in [1.29, 1.82) is 0 Å². The van der Waals surface area contributed by atoms with E-state index in [9.17, 15) is 4.79 Å². The van der Waals surface area contributed by atoms with E-state index in [1.54, 1.807) is 0 Å². The second kappa shape index (κ2) is 6.22. The molecule has 84 valence electrons. The van der Waals surface area contributed by atoms with E-state index >= 15 is 0 Å². The van der Waals surface area contributed by atoms with Crippen LogP contribution in [0.5, 0.6) is 0 Å². The molecule has 0 bridgehead atoms. The Bertz CT molecular complexity index is 307. The van der Waals surface area contributed by atoms with Crippen LogP contribution in [0.15, 0.2) is 12.4 Å². The van der Waals surface area contributed by atoms with Gasteiger partial charge in [-0.1, -0.05) is 13.3 Å². The molecule has 1 amide bonds. The molecule has 0 atom stereocenters. The minimum atomic E-state index is 0.140. The Morgan fingerprint density at radius 2 is 2.40 bits per heavy atom. The van der Waals surface area contributed by atoms with Crippen LogP contribution in [0.25, 0.3) is 0 Å². The topological polar surface area (TPSA) is 46.9 Å². The third-order valence-electron chi connectivity index (χ3n) is 2.18. The van der Waals surface area contributed by atoms with Gasteiger partial charge in [-0.05, 0) is 18.9 Å². The summed E-state index contributed by atoms with van der Waals surface area (Å²) in [6.45, 7) is 5.48. The van der Waals surface area contributed by atoms with E-state index < -0.39 is 0 Å². The molecule has 0 fully saturated rings. The lowest BCUT2D eigenvalue weighted by Crippen LogP contribution is -2.26. The number of nitrogens with zero attached hydrogens (tertiary/aromatic N) is 2. The van der Waals surface area contributed by atoms with Gasteiger partial charge in [0, 0.05) is 19.2 Å². The van der Waals surface area contributed by atoms with Crippen molar-refractivity contribution in [2.24, 2.45) is 0 Å². The van der Waals surface area contributed by atoms with Crippen molar-refractivity contribution in [2.45, 2.75) is 39.7 Å². The van der Waals surface area contributed by atoms with Crippen LogP contribution in [0.3, 0.4) is 0 Å². The molecule has 1 aromatic heterocycles. The van der Waals surface area contributed by atoms with E-state index in [0.717, 1.165) is 24.9 Å². The zero-order chi connectivity index (χ0) is 11.1. The number of hydrogen-bond acceptors (Lipinski definition) is 2. The van der Waals surface area contributed by atoms with Crippen LogP contribution in [-0.4, -0.2) is 22.2 Å². The van der Waals surface area contributed by atoms with Crippen molar-refractivity contribution >= 4 is 5.91 Å². The van der Waals surface area contributed by atoms with Gasteiger partial charge in [-0.2, -0.15) is 5.10 Å². The van der Waals surface area contributed by atoms with E-state index in [1.807, 2.05) is 24.0 Å². The number of unbranched alkanes of at least 4 members (excludes halogenated alkanes) is 1. The summed E-state index contributed by atoms with van der Waals surface area (Å²) in [5.41, 5.74) is 1.15. The summed E-state index contributed by atoms with van der Waals surface area (Å²) in [4.78, 5) is 11.3. The zero-order valence-corrected chi connectivity index (χ0v) is 9.49. The zero-order valence-electron chi connectivity index (χ0n) is 9.49. The summed E-state index contributed by atoms with van der Waals surface area (Å²) in [7, 11) is 0. The first kappa shape index (κ1) is 11.8. The lowest BCUT2D eigenvalue weighted by atomic mass is 10.2. The minimum Gasteiger partial charge on any atom is -0.354 e. The maximum Gasteiger partial charge on any atom is 0.220 e. The summed E-state index contributed by atoms with van der Waals surface area (Å²) < 4.78 is 1.84. The van der Waals surface area contributed by atoms with Crippen LogP contribution in [-0.2, 0) is 11.3 Å². The molecule has 4 nitrogen and oxygen atoms in total. The smallest absolute Gasteiger partial charge is 0.220 e. The highest BCUT2D eigenvalue weighted by Gasteiger charge is 1.99. The number of hydrogen-bond donors (Lipinski definition) is 1. The SMILES string of the molecule is CCCCC(=O)NCCn1cc(C)cn1. The third-order valence-corrected chi connectivity index (χ3v) is 2.18. The summed E-state index contributed by atoms with van der Waals surface area (Å²) in [5.74, 6) is 0.140. The molecule has 0 aliphatic carbocycles. The van der Waals surface area contributed by atoms with E-state index in [4.69, 9.17) is 0 Å². The van der Waals surface area contributed by atoms with Gasteiger partial charge in [0.2, 0.25) is 5.91 Å². The van der Waals surface area contributed by atoms with E-state index in [2.05, 4.69) is 17.3 Å². The average molecular weight is 209 g/mol. The van der Waals surface area contributed by atoms with Gasteiger partial charge in [-0.25, -0.2) is 0 Å². The highest BCUT2D eigenvalue weighted by molar-refractivity contribution is 5.75. The molecule has 0 radical (unpaired) electrons. The summed E-state index contributed by atoms with van der Waals surface area (Å²) in [5, 5.41) is 7.02. The van der Waals surface area contributed by atoms with Crippen molar-refractivity contribution in [3.05, 3.63) is 18.0 Å². The highest BCUT2D eigenvalue weighted by Crippen LogP contribution is 1.94. The Hall–Kier alpha value is -1.32. The summed E-state index contributed by atoms with van der Waals surface area (Å²) >= 11 is 0. The molecule has 0 saturated heterocycles. The largest absolute Gasteiger partial charge is 0.354 e. The van der Waals surface area contributed by atoms with Crippen molar-refractivity contribution in [1.82, 2.24) is 15.1 Å². The molecular formula is C11H19N3O. The maximum atomic E-state index is 11.3. The fraction of sp³-hybridized carbons (Fsp3) is 0.636. The molecule has 1 N–H and O–H groups in total. The van der Waals surface area contributed by atoms with Crippen LogP contribution in [0, 0.1) is 6.92 Å². The number of nitrogens with one attached hydrogen (secondary N) is 1. The molecule has 0 spiro atoms. The molecule has 0 saturated carbocycles. The van der Waals surface area contributed by atoms with Crippen LogP contribution >= 0.6 is 0 Å². The molecule has 0 aliphatic rings. The molecular weight excluding hydrogens is 190 g/mol. The Labute approximate surface area is 90.7 Å². The molecule has 15 heavy (non-hydrogen) atoms. The Morgan fingerprint density at radius 3 is 3.00 bits per heavy atom. The standard InChI is InChI=1S/C11H19N3O/c1-3-4-5-11(15)12-6-7-14-9-10(2)8-13-14/h8-9H,3-7H2,1-2H3,(H,12,15). The Balaban J connectivity index is 2.13. The molecule has 1 heterocycles. The first-order valence-electron chi connectivity index (χ1n) is 5.48. The third kappa shape index (κ3) is 4.63. The van der Waals surface area contributed by atoms with Crippen LogP contribution < -0.4 is 5.32 Å². The first-order chi connectivity index (χ1) is 7.22. The van der Waals surface area contributed by atoms with E-state index in [1.165, 1.54) is 0 Å². The van der Waals surface area contributed by atoms with Gasteiger partial charge in [0.05, 0.1) is 12.7 Å². The monoisotopic (exact) mass is 209 g/mol. The van der Waals surface area contributed by atoms with E-state index in [-0.39, 0.29) is 5.91 Å². The minimum absolute atomic E-state index is 0.140. The van der Waals surface area contributed by atoms with Gasteiger partial charge < -0.3 is 5.32 Å². The van der Waals surface area contributed by atoms with Gasteiger partial charge >= 0.3 is 0 Å². The second-order valence-corrected chi connectivity index (χ2v) is 3.73. The highest BCUT2D eigenvalue weighted by atomic mass is 16.1. The molecule has 0 unspecified atom stereocenters. The Morgan fingerprint density at radius 1 is 1.60 bits per heavy atom. The van der Waals surface area contributed by atoms with Crippen LogP contribution in [0.4, 0.5) is 0 Å². The predicted octanol–water partition coefficient (Wildman–Crippen LogP) is 1.50. The maximum absolute atomic E-state index is 11.3. The summed E-state index contributed by atoms with van der Waals surface area (Å²) in [6, 6.07) is 0. The summed E-state index contributed by atoms with van der Waals surface area (Å²) in [6.07, 6.45) is 6.45. The number of amides is 1. The quantitative estimate of drug-likeness (QED) is 0.771. The van der Waals surface area contributed by atoms with Gasteiger partial charge in [-0.15, -0.1) is 0 Å². The number of rotatable bonds is 6. The molecule has 4 heteroatoms. The number of carbonyl (C=O) groups is 1. The van der Waals surface area contributed by atoms with Gasteiger partial charge in [0.15, 0.2) is 0 Å². The van der Waals surface area contributed by atoms with Crippen LogP contribution in [0.1, 0.15) is 31.7 Å². The van der Waals surface area contributed by atoms with Crippen molar-refractivity contribution in [3.8, 4) is 0 Å². The molecule has 1 aromatic rings. The molecule has 0 aromatic carbocycles. The van der Waals surface area contributed by atoms with Gasteiger partial charge in [-0.3, -0.25) is 9.48 Å². The lowest BCUT2D eigenvalue weighted by molar-refractivity contribution is -0.121. The Kier molecular flexibility index (Phi) is 4.87. The molecule has 1 rings (SSSR count). The second-order valence-electron chi connectivity index (χ2n) is 3.73. The first-order valence-corrected chi connectivity index (χ1v) is 5.48. The van der Waals surface area contributed by atoms with Crippen molar-refractivity contribution in [2.75, 3.05) is 6.54 Å². The molecule has 0 aliphatic heterocycles. The van der Waals surface area contributed by atoms with Gasteiger partial charge in [0.25, 0.3) is 0 Å².